The van der Waals surface area contributed by atoms with Crippen molar-refractivity contribution in [1.29, 1.82) is 0 Å². The smallest absolute Gasteiger partial charge is 0.161 e. The first kappa shape index (κ1) is 14.3. The second-order valence-corrected chi connectivity index (χ2v) is 4.43. The van der Waals surface area contributed by atoms with E-state index in [0.29, 0.717) is 25.4 Å². The number of aryl methyl sites for hydroxylation is 1. The number of rotatable bonds is 6. The van der Waals surface area contributed by atoms with Crippen molar-refractivity contribution in [1.82, 2.24) is 15.3 Å². The van der Waals surface area contributed by atoms with Gasteiger partial charge in [0.15, 0.2) is 11.5 Å². The summed E-state index contributed by atoms with van der Waals surface area (Å²) >= 11 is 0. The summed E-state index contributed by atoms with van der Waals surface area (Å²) in [6.07, 6.45) is 1.76. The number of nitrogens with zero attached hydrogens (tertiary/aromatic N) is 2. The summed E-state index contributed by atoms with van der Waals surface area (Å²) in [5, 5.41) is 12.9. The lowest BCUT2D eigenvalue weighted by Crippen LogP contribution is -2.14. The molecular weight excluding hydrogens is 254 g/mol. The fourth-order valence-electron chi connectivity index (χ4n) is 1.88. The molecule has 106 valence electrons. The summed E-state index contributed by atoms with van der Waals surface area (Å²) in [5.74, 6) is 1.46. The van der Waals surface area contributed by atoms with Crippen molar-refractivity contribution in [2.45, 2.75) is 26.9 Å². The predicted molar refractivity (Wildman–Crippen MR) is 76.6 cm³/mol. The SMILES string of the molecule is CCOc1cc(CNCc2ccnc(C)n2)ccc1O. The van der Waals surface area contributed by atoms with Crippen LogP contribution in [-0.4, -0.2) is 21.7 Å². The number of hydrogen-bond acceptors (Lipinski definition) is 5. The Balaban J connectivity index is 1.92. The van der Waals surface area contributed by atoms with Crippen molar-refractivity contribution in [2.24, 2.45) is 0 Å². The minimum atomic E-state index is 0.169. The maximum absolute atomic E-state index is 9.64. The van der Waals surface area contributed by atoms with Gasteiger partial charge in [0.2, 0.25) is 0 Å². The lowest BCUT2D eigenvalue weighted by Gasteiger charge is -2.09. The summed E-state index contributed by atoms with van der Waals surface area (Å²) in [6.45, 7) is 5.65. The minimum Gasteiger partial charge on any atom is -0.504 e. The van der Waals surface area contributed by atoms with E-state index in [4.69, 9.17) is 4.74 Å². The predicted octanol–water partition coefficient (Wildman–Crippen LogP) is 2.18. The monoisotopic (exact) mass is 273 g/mol. The lowest BCUT2D eigenvalue weighted by molar-refractivity contribution is 0.317. The average Bonchev–Trinajstić information content (AvgIpc) is 2.43. The van der Waals surface area contributed by atoms with Crippen LogP contribution in [-0.2, 0) is 13.1 Å². The molecule has 0 aliphatic carbocycles. The van der Waals surface area contributed by atoms with Gasteiger partial charge in [0.1, 0.15) is 5.82 Å². The second kappa shape index (κ2) is 6.86. The third kappa shape index (κ3) is 3.93. The second-order valence-electron chi connectivity index (χ2n) is 4.43. The van der Waals surface area contributed by atoms with Gasteiger partial charge in [-0.25, -0.2) is 9.97 Å². The van der Waals surface area contributed by atoms with Gasteiger partial charge in [-0.3, -0.25) is 0 Å². The molecule has 0 amide bonds. The lowest BCUT2D eigenvalue weighted by atomic mass is 10.2. The summed E-state index contributed by atoms with van der Waals surface area (Å²) in [7, 11) is 0. The van der Waals surface area contributed by atoms with Crippen molar-refractivity contribution in [3.8, 4) is 11.5 Å². The van der Waals surface area contributed by atoms with E-state index in [9.17, 15) is 5.11 Å². The average molecular weight is 273 g/mol. The zero-order valence-corrected chi connectivity index (χ0v) is 11.8. The molecule has 0 aliphatic heterocycles. The molecule has 0 spiro atoms. The molecule has 5 heteroatoms. The first-order valence-electron chi connectivity index (χ1n) is 6.63. The highest BCUT2D eigenvalue weighted by atomic mass is 16.5. The molecule has 0 atom stereocenters. The van der Waals surface area contributed by atoms with Crippen LogP contribution < -0.4 is 10.1 Å². The molecule has 0 aliphatic rings. The van der Waals surface area contributed by atoms with Gasteiger partial charge in [0.05, 0.1) is 12.3 Å². The molecule has 0 fully saturated rings. The zero-order valence-electron chi connectivity index (χ0n) is 11.8. The van der Waals surface area contributed by atoms with E-state index >= 15 is 0 Å². The van der Waals surface area contributed by atoms with Gasteiger partial charge in [-0.2, -0.15) is 0 Å². The van der Waals surface area contributed by atoms with Crippen LogP contribution in [0.2, 0.25) is 0 Å². The van der Waals surface area contributed by atoms with Crippen LogP contribution >= 0.6 is 0 Å². The summed E-state index contributed by atoms with van der Waals surface area (Å²) in [4.78, 5) is 8.39. The number of nitrogens with one attached hydrogen (secondary N) is 1. The van der Waals surface area contributed by atoms with Crippen molar-refractivity contribution in [2.75, 3.05) is 6.61 Å². The first-order valence-corrected chi connectivity index (χ1v) is 6.63. The van der Waals surface area contributed by atoms with Gasteiger partial charge in [-0.1, -0.05) is 6.07 Å². The molecular formula is C15H19N3O2. The Labute approximate surface area is 118 Å². The largest absolute Gasteiger partial charge is 0.504 e. The molecule has 2 N–H and O–H groups in total. The molecule has 0 saturated carbocycles. The van der Waals surface area contributed by atoms with Crippen molar-refractivity contribution in [3.63, 3.8) is 0 Å². The number of aromatic hydroxyl groups is 1. The van der Waals surface area contributed by atoms with E-state index < -0.39 is 0 Å². The fraction of sp³-hybridized carbons (Fsp3) is 0.333. The highest BCUT2D eigenvalue weighted by Crippen LogP contribution is 2.26. The normalized spacial score (nSPS) is 10.5. The van der Waals surface area contributed by atoms with E-state index in [1.54, 1.807) is 12.3 Å². The molecule has 0 radical (unpaired) electrons. The van der Waals surface area contributed by atoms with Crippen molar-refractivity contribution < 1.29 is 9.84 Å². The third-order valence-corrected chi connectivity index (χ3v) is 2.79. The topological polar surface area (TPSA) is 67.3 Å². The summed E-state index contributed by atoms with van der Waals surface area (Å²) in [5.41, 5.74) is 2.01. The molecule has 0 saturated heterocycles. The van der Waals surface area contributed by atoms with Crippen LogP contribution in [0.4, 0.5) is 0 Å². The zero-order chi connectivity index (χ0) is 14.4. The maximum atomic E-state index is 9.64. The van der Waals surface area contributed by atoms with Crippen LogP contribution in [0.5, 0.6) is 11.5 Å². The van der Waals surface area contributed by atoms with E-state index in [1.807, 2.05) is 32.0 Å². The Hall–Kier alpha value is -2.14. The van der Waals surface area contributed by atoms with Gasteiger partial charge in [0.25, 0.3) is 0 Å². The quantitative estimate of drug-likeness (QED) is 0.844. The van der Waals surface area contributed by atoms with E-state index in [1.165, 1.54) is 0 Å². The molecule has 20 heavy (non-hydrogen) atoms. The fourth-order valence-corrected chi connectivity index (χ4v) is 1.88. The Bertz CT molecular complexity index is 573. The minimum absolute atomic E-state index is 0.169. The maximum Gasteiger partial charge on any atom is 0.161 e. The van der Waals surface area contributed by atoms with Crippen molar-refractivity contribution >= 4 is 0 Å². The van der Waals surface area contributed by atoms with Crippen LogP contribution in [0.15, 0.2) is 30.5 Å². The first-order chi connectivity index (χ1) is 9.69. The third-order valence-electron chi connectivity index (χ3n) is 2.79. The van der Waals surface area contributed by atoms with Crippen molar-refractivity contribution in [3.05, 3.63) is 47.5 Å². The van der Waals surface area contributed by atoms with E-state index in [0.717, 1.165) is 17.1 Å². The highest BCUT2D eigenvalue weighted by Gasteiger charge is 2.03. The van der Waals surface area contributed by atoms with Crippen LogP contribution in [0.1, 0.15) is 24.0 Å². The molecule has 0 unspecified atom stereocenters. The molecule has 1 aromatic carbocycles. The van der Waals surface area contributed by atoms with Crippen LogP contribution in [0.25, 0.3) is 0 Å². The summed E-state index contributed by atoms with van der Waals surface area (Å²) in [6, 6.07) is 7.26. The highest BCUT2D eigenvalue weighted by molar-refractivity contribution is 5.41. The van der Waals surface area contributed by atoms with Gasteiger partial charge in [0, 0.05) is 19.3 Å². The van der Waals surface area contributed by atoms with E-state index in [2.05, 4.69) is 15.3 Å². The molecule has 5 nitrogen and oxygen atoms in total. The van der Waals surface area contributed by atoms with Gasteiger partial charge < -0.3 is 15.2 Å². The van der Waals surface area contributed by atoms with Crippen LogP contribution in [0.3, 0.4) is 0 Å². The van der Waals surface area contributed by atoms with Crippen LogP contribution in [0, 0.1) is 6.92 Å². The van der Waals surface area contributed by atoms with Gasteiger partial charge in [-0.15, -0.1) is 0 Å². The number of aromatic nitrogens is 2. The number of hydrogen-bond donors (Lipinski definition) is 2. The molecule has 1 heterocycles. The molecule has 1 aromatic heterocycles. The Morgan fingerprint density at radius 2 is 2.10 bits per heavy atom. The van der Waals surface area contributed by atoms with Gasteiger partial charge in [-0.05, 0) is 37.6 Å². The number of benzene rings is 1. The number of phenolic OH excluding ortho intramolecular Hbond substituents is 1. The Kier molecular flexibility index (Phi) is 4.90. The Morgan fingerprint density at radius 3 is 2.85 bits per heavy atom. The Morgan fingerprint density at radius 1 is 1.25 bits per heavy atom. The van der Waals surface area contributed by atoms with E-state index in [-0.39, 0.29) is 5.75 Å². The summed E-state index contributed by atoms with van der Waals surface area (Å²) < 4.78 is 5.36. The molecule has 2 rings (SSSR count). The van der Waals surface area contributed by atoms with Gasteiger partial charge >= 0.3 is 0 Å². The number of phenols is 1. The molecule has 2 aromatic rings. The standard InChI is InChI=1S/C15H19N3O2/c1-3-20-15-8-12(4-5-14(15)19)9-16-10-13-6-7-17-11(2)18-13/h4-8,16,19H,3,9-10H2,1-2H3. The number of ether oxygens (including phenoxy) is 1. The molecule has 0 bridgehead atoms.